The van der Waals surface area contributed by atoms with Gasteiger partial charge >= 0.3 is 0 Å². The molecule has 6 rings (SSSR count). The number of carbonyl (C=O) groups excluding carboxylic acids is 1. The molecule has 0 radical (unpaired) electrons. The Balaban J connectivity index is 1.28. The summed E-state index contributed by atoms with van der Waals surface area (Å²) < 4.78 is 8.53. The van der Waals surface area contributed by atoms with E-state index >= 15 is 0 Å². The Morgan fingerprint density at radius 1 is 1.13 bits per heavy atom. The van der Waals surface area contributed by atoms with Crippen molar-refractivity contribution >= 4 is 16.8 Å². The summed E-state index contributed by atoms with van der Waals surface area (Å²) in [5.41, 5.74) is 5.71. The minimum absolute atomic E-state index is 0.0475. The second kappa shape index (κ2) is 6.48. The van der Waals surface area contributed by atoms with Crippen LogP contribution in [0.15, 0.2) is 54.7 Å². The monoisotopic (exact) mass is 412 g/mol. The highest BCUT2D eigenvalue weighted by Crippen LogP contribution is 2.49. The first kappa shape index (κ1) is 18.2. The number of hydrogen-bond acceptors (Lipinski definition) is 3. The van der Waals surface area contributed by atoms with Crippen molar-refractivity contribution in [3.8, 4) is 17.0 Å². The Labute approximate surface area is 180 Å². The lowest BCUT2D eigenvalue weighted by Gasteiger charge is -2.44. The molecule has 1 spiro atoms. The van der Waals surface area contributed by atoms with Crippen LogP contribution in [0.5, 0.6) is 5.75 Å². The number of aryl methyl sites for hydroxylation is 2. The van der Waals surface area contributed by atoms with E-state index in [4.69, 9.17) is 4.74 Å². The SMILES string of the molecule is Cc1ccc2[nH]c(C(=O)N3CCC4(CC3)Oc3ccccc3-c3c4cnn3C)cc2c1. The Morgan fingerprint density at radius 3 is 2.77 bits per heavy atom. The van der Waals surface area contributed by atoms with Crippen molar-refractivity contribution in [3.63, 3.8) is 0 Å². The zero-order valence-electron chi connectivity index (χ0n) is 17.7. The van der Waals surface area contributed by atoms with Crippen molar-refractivity contribution < 1.29 is 9.53 Å². The molecule has 2 aliphatic rings. The third kappa shape index (κ3) is 2.71. The minimum atomic E-state index is -0.438. The number of benzene rings is 2. The molecule has 1 amide bonds. The number of amides is 1. The molecule has 0 bridgehead atoms. The number of nitrogens with one attached hydrogen (secondary N) is 1. The first-order valence-corrected chi connectivity index (χ1v) is 10.7. The van der Waals surface area contributed by atoms with Gasteiger partial charge in [-0.2, -0.15) is 5.10 Å². The van der Waals surface area contributed by atoms with Gasteiger partial charge in [0.15, 0.2) is 0 Å². The van der Waals surface area contributed by atoms with Crippen molar-refractivity contribution in [2.24, 2.45) is 7.05 Å². The number of nitrogens with zero attached hydrogens (tertiary/aromatic N) is 3. The van der Waals surface area contributed by atoms with Crippen molar-refractivity contribution in [1.29, 1.82) is 0 Å². The fraction of sp³-hybridized carbons (Fsp3) is 0.280. The number of piperidine rings is 1. The molecule has 156 valence electrons. The average Bonchev–Trinajstić information content (AvgIpc) is 3.38. The summed E-state index contributed by atoms with van der Waals surface area (Å²) in [6, 6.07) is 16.3. The van der Waals surface area contributed by atoms with E-state index < -0.39 is 5.60 Å². The molecule has 0 unspecified atom stereocenters. The Bertz CT molecular complexity index is 1320. The third-order valence-corrected chi connectivity index (χ3v) is 6.74. The molecule has 6 nitrogen and oxygen atoms in total. The van der Waals surface area contributed by atoms with E-state index in [1.54, 1.807) is 0 Å². The van der Waals surface area contributed by atoms with Crippen LogP contribution in [0.2, 0.25) is 0 Å². The molecule has 0 saturated carbocycles. The Hall–Kier alpha value is -3.54. The number of H-pyrrole nitrogens is 1. The van der Waals surface area contributed by atoms with Crippen molar-refractivity contribution in [3.05, 3.63) is 71.5 Å². The molecule has 4 heterocycles. The van der Waals surface area contributed by atoms with E-state index in [2.05, 4.69) is 35.2 Å². The molecule has 1 saturated heterocycles. The molecule has 2 aliphatic heterocycles. The number of hydrogen-bond donors (Lipinski definition) is 1. The number of fused-ring (bicyclic) bond motifs is 5. The van der Waals surface area contributed by atoms with E-state index in [1.165, 1.54) is 5.56 Å². The number of likely N-dealkylation sites (tertiary alicyclic amines) is 1. The molecule has 0 atom stereocenters. The molecule has 31 heavy (non-hydrogen) atoms. The number of rotatable bonds is 1. The largest absolute Gasteiger partial charge is 0.482 e. The van der Waals surface area contributed by atoms with Crippen molar-refractivity contribution in [2.45, 2.75) is 25.4 Å². The summed E-state index contributed by atoms with van der Waals surface area (Å²) in [6.45, 7) is 3.35. The second-order valence-corrected chi connectivity index (χ2v) is 8.69. The van der Waals surface area contributed by atoms with Gasteiger partial charge in [-0.3, -0.25) is 9.48 Å². The maximum atomic E-state index is 13.2. The highest BCUT2D eigenvalue weighted by molar-refractivity contribution is 5.98. The van der Waals surface area contributed by atoms with Gasteiger partial charge in [0.1, 0.15) is 17.0 Å². The van der Waals surface area contributed by atoms with Gasteiger partial charge in [-0.1, -0.05) is 23.8 Å². The van der Waals surface area contributed by atoms with Gasteiger partial charge in [-0.05, 0) is 37.3 Å². The van der Waals surface area contributed by atoms with Crippen LogP contribution in [-0.4, -0.2) is 38.7 Å². The van der Waals surface area contributed by atoms with E-state index in [0.29, 0.717) is 18.8 Å². The lowest BCUT2D eigenvalue weighted by Crippen LogP contribution is -2.49. The minimum Gasteiger partial charge on any atom is -0.482 e. The van der Waals surface area contributed by atoms with Crippen LogP contribution in [-0.2, 0) is 12.6 Å². The maximum absolute atomic E-state index is 13.2. The van der Waals surface area contributed by atoms with Gasteiger partial charge in [-0.15, -0.1) is 0 Å². The van der Waals surface area contributed by atoms with E-state index in [0.717, 1.165) is 46.3 Å². The topological polar surface area (TPSA) is 63.1 Å². The number of aromatic amines is 1. The zero-order valence-corrected chi connectivity index (χ0v) is 17.7. The summed E-state index contributed by atoms with van der Waals surface area (Å²) in [7, 11) is 1.98. The second-order valence-electron chi connectivity index (χ2n) is 8.69. The highest BCUT2D eigenvalue weighted by atomic mass is 16.5. The Kier molecular flexibility index (Phi) is 3.81. The van der Waals surface area contributed by atoms with Crippen molar-refractivity contribution in [2.75, 3.05) is 13.1 Å². The van der Waals surface area contributed by atoms with Gasteiger partial charge in [-0.25, -0.2) is 0 Å². The third-order valence-electron chi connectivity index (χ3n) is 6.74. The predicted molar refractivity (Wildman–Crippen MR) is 119 cm³/mol. The van der Waals surface area contributed by atoms with Crippen molar-refractivity contribution in [1.82, 2.24) is 19.7 Å². The van der Waals surface area contributed by atoms with E-state index in [-0.39, 0.29) is 5.91 Å². The molecule has 6 heteroatoms. The molecule has 2 aromatic heterocycles. The molecule has 2 aromatic carbocycles. The van der Waals surface area contributed by atoms with Crippen LogP contribution < -0.4 is 4.74 Å². The van der Waals surface area contributed by atoms with Crippen LogP contribution in [0.25, 0.3) is 22.2 Å². The van der Waals surface area contributed by atoms with Gasteiger partial charge < -0.3 is 14.6 Å². The summed E-state index contributed by atoms with van der Waals surface area (Å²) >= 11 is 0. The average molecular weight is 412 g/mol. The van der Waals surface area contributed by atoms with Crippen LogP contribution in [0.3, 0.4) is 0 Å². The number of ether oxygens (including phenoxy) is 1. The zero-order chi connectivity index (χ0) is 21.2. The molecule has 1 N–H and O–H groups in total. The van der Waals surface area contributed by atoms with Gasteiger partial charge in [0.05, 0.1) is 11.9 Å². The normalized spacial score (nSPS) is 16.8. The molecule has 0 aliphatic carbocycles. The summed E-state index contributed by atoms with van der Waals surface area (Å²) in [5.74, 6) is 0.940. The molecular weight excluding hydrogens is 388 g/mol. The fourth-order valence-electron chi connectivity index (χ4n) is 5.09. The summed E-state index contributed by atoms with van der Waals surface area (Å²) in [6.07, 6.45) is 3.42. The summed E-state index contributed by atoms with van der Waals surface area (Å²) in [4.78, 5) is 18.4. The van der Waals surface area contributed by atoms with Gasteiger partial charge in [0, 0.05) is 55.0 Å². The number of aromatic nitrogens is 3. The lowest BCUT2D eigenvalue weighted by atomic mass is 9.81. The van der Waals surface area contributed by atoms with E-state index in [1.807, 2.05) is 53.2 Å². The van der Waals surface area contributed by atoms with Crippen LogP contribution in [0, 0.1) is 6.92 Å². The Morgan fingerprint density at radius 2 is 1.94 bits per heavy atom. The lowest BCUT2D eigenvalue weighted by molar-refractivity contribution is -0.00187. The maximum Gasteiger partial charge on any atom is 0.270 e. The fourth-order valence-corrected chi connectivity index (χ4v) is 5.09. The van der Waals surface area contributed by atoms with E-state index in [9.17, 15) is 4.79 Å². The first-order valence-electron chi connectivity index (χ1n) is 10.7. The number of para-hydroxylation sites is 1. The van der Waals surface area contributed by atoms with Gasteiger partial charge in [0.2, 0.25) is 0 Å². The van der Waals surface area contributed by atoms with Crippen LogP contribution in [0.1, 0.15) is 34.5 Å². The molecule has 4 aromatic rings. The molecule has 1 fully saturated rings. The summed E-state index contributed by atoms with van der Waals surface area (Å²) in [5, 5.41) is 5.60. The highest BCUT2D eigenvalue weighted by Gasteiger charge is 2.45. The smallest absolute Gasteiger partial charge is 0.270 e. The van der Waals surface area contributed by atoms with Crippen LogP contribution >= 0.6 is 0 Å². The first-order chi connectivity index (χ1) is 15.0. The number of carbonyl (C=O) groups is 1. The van der Waals surface area contributed by atoms with Crippen LogP contribution in [0.4, 0.5) is 0 Å². The predicted octanol–water partition coefficient (Wildman–Crippen LogP) is 4.40. The van der Waals surface area contributed by atoms with Gasteiger partial charge in [0.25, 0.3) is 5.91 Å². The molecular formula is C25H24N4O2. The quantitative estimate of drug-likeness (QED) is 0.504. The standard InChI is InChI=1S/C25H24N4O2/c1-16-7-8-20-17(13-16)14-21(27-20)24(30)29-11-9-25(10-12-29)19-15-26-28(2)23(19)18-5-3-4-6-22(18)31-25/h3-8,13-15,27H,9-12H2,1-2H3.